The lowest BCUT2D eigenvalue weighted by atomic mass is 10.2. The van der Waals surface area contributed by atoms with Crippen molar-refractivity contribution >= 4 is 44.5 Å². The molecule has 0 amide bonds. The molecule has 8 heteroatoms. The van der Waals surface area contributed by atoms with Crippen LogP contribution in [0.1, 0.15) is 5.56 Å². The Balaban J connectivity index is 2.78. The molecule has 0 aliphatic carbocycles. The van der Waals surface area contributed by atoms with Gasteiger partial charge in [0.05, 0.1) is 5.75 Å². The maximum absolute atomic E-state index is 11.6. The number of nitrogens with zero attached hydrogens (tertiary/aromatic N) is 1. The molecule has 0 saturated heterocycles. The van der Waals surface area contributed by atoms with E-state index < -0.39 is 10.0 Å². The molecule has 19 heavy (non-hydrogen) atoms. The van der Waals surface area contributed by atoms with Gasteiger partial charge in [-0.15, -0.1) is 0 Å². The fourth-order valence-corrected chi connectivity index (χ4v) is 2.45. The number of thiocarbonyl (C=S) groups is 1. The van der Waals surface area contributed by atoms with Crippen LogP contribution in [0, 0.1) is 0 Å². The van der Waals surface area contributed by atoms with E-state index in [0.717, 1.165) is 0 Å². The van der Waals surface area contributed by atoms with Crippen LogP contribution in [-0.4, -0.2) is 44.1 Å². The summed E-state index contributed by atoms with van der Waals surface area (Å²) >= 11 is 10.8. The number of benzene rings is 1. The Morgan fingerprint density at radius 2 is 2.11 bits per heavy atom. The number of rotatable bonds is 6. The smallest absolute Gasteiger partial charge is 0.215 e. The Hall–Kier alpha value is -0.890. The van der Waals surface area contributed by atoms with E-state index in [1.165, 1.54) is 18.4 Å². The Labute approximate surface area is 123 Å². The minimum Gasteiger partial charge on any atom is -0.389 e. The summed E-state index contributed by atoms with van der Waals surface area (Å²) in [7, 11) is -0.247. The van der Waals surface area contributed by atoms with E-state index in [2.05, 4.69) is 5.32 Å². The molecule has 0 aromatic heterocycles. The van der Waals surface area contributed by atoms with Gasteiger partial charge in [-0.05, 0) is 18.2 Å². The second-order valence-corrected chi connectivity index (χ2v) is 7.26. The number of sulfonamides is 1. The molecule has 0 aliphatic rings. The van der Waals surface area contributed by atoms with Crippen LogP contribution in [0.3, 0.4) is 0 Å². The van der Waals surface area contributed by atoms with Crippen molar-refractivity contribution in [2.75, 3.05) is 31.7 Å². The molecule has 1 aromatic rings. The van der Waals surface area contributed by atoms with Crippen LogP contribution < -0.4 is 11.1 Å². The first-order valence-corrected chi connectivity index (χ1v) is 7.87. The van der Waals surface area contributed by atoms with Crippen LogP contribution >= 0.6 is 23.8 Å². The topological polar surface area (TPSA) is 75.4 Å². The van der Waals surface area contributed by atoms with Crippen LogP contribution in [-0.2, 0) is 10.0 Å². The summed E-state index contributed by atoms with van der Waals surface area (Å²) in [6, 6.07) is 5.05. The van der Waals surface area contributed by atoms with Gasteiger partial charge in [0.25, 0.3) is 0 Å². The SMILES string of the molecule is CN(C)S(=O)(=O)CCNc1cc(Cl)ccc1C(N)=S. The maximum atomic E-state index is 11.6. The van der Waals surface area contributed by atoms with Gasteiger partial charge in [0, 0.05) is 36.9 Å². The molecule has 0 spiro atoms. The number of hydrogen-bond donors (Lipinski definition) is 2. The van der Waals surface area contributed by atoms with Crippen molar-refractivity contribution in [2.45, 2.75) is 0 Å². The summed E-state index contributed by atoms with van der Waals surface area (Å²) in [6.45, 7) is 0.246. The molecule has 1 aromatic carbocycles. The first kappa shape index (κ1) is 16.2. The van der Waals surface area contributed by atoms with Gasteiger partial charge in [-0.3, -0.25) is 0 Å². The number of nitrogens with one attached hydrogen (secondary N) is 1. The van der Waals surface area contributed by atoms with Gasteiger partial charge in [0.1, 0.15) is 4.99 Å². The Bertz CT molecular complexity index is 573. The van der Waals surface area contributed by atoms with Crippen LogP contribution in [0.5, 0.6) is 0 Å². The average Bonchev–Trinajstić information content (AvgIpc) is 2.28. The highest BCUT2D eigenvalue weighted by Crippen LogP contribution is 2.21. The molecular weight excluding hydrogens is 306 g/mol. The van der Waals surface area contributed by atoms with Crippen LogP contribution in [0.4, 0.5) is 5.69 Å². The summed E-state index contributed by atoms with van der Waals surface area (Å²) in [5, 5.41) is 3.51. The van der Waals surface area contributed by atoms with Crippen molar-refractivity contribution in [3.63, 3.8) is 0 Å². The van der Waals surface area contributed by atoms with E-state index in [0.29, 0.717) is 16.3 Å². The van der Waals surface area contributed by atoms with Gasteiger partial charge >= 0.3 is 0 Å². The van der Waals surface area contributed by atoms with E-state index in [1.54, 1.807) is 18.2 Å². The molecule has 106 valence electrons. The van der Waals surface area contributed by atoms with Crippen LogP contribution in [0.15, 0.2) is 18.2 Å². The third-order valence-electron chi connectivity index (χ3n) is 2.48. The summed E-state index contributed by atoms with van der Waals surface area (Å²) in [5.41, 5.74) is 6.87. The van der Waals surface area contributed by atoms with Crippen molar-refractivity contribution in [1.29, 1.82) is 0 Å². The average molecular weight is 322 g/mol. The molecule has 0 atom stereocenters. The predicted octanol–water partition coefficient (Wildman–Crippen LogP) is 1.28. The third-order valence-corrected chi connectivity index (χ3v) is 4.77. The maximum Gasteiger partial charge on any atom is 0.215 e. The summed E-state index contributed by atoms with van der Waals surface area (Å²) in [6.07, 6.45) is 0. The van der Waals surface area contributed by atoms with Gasteiger partial charge in [0.15, 0.2) is 0 Å². The molecule has 0 unspecified atom stereocenters. The van der Waals surface area contributed by atoms with E-state index in [4.69, 9.17) is 29.6 Å². The minimum atomic E-state index is -3.24. The molecule has 5 nitrogen and oxygen atoms in total. The fourth-order valence-electron chi connectivity index (χ4n) is 1.37. The number of nitrogens with two attached hydrogens (primary N) is 1. The summed E-state index contributed by atoms with van der Waals surface area (Å²) in [4.78, 5) is 0.231. The van der Waals surface area contributed by atoms with Crippen molar-refractivity contribution in [2.24, 2.45) is 5.73 Å². The molecule has 0 heterocycles. The highest BCUT2D eigenvalue weighted by molar-refractivity contribution is 7.89. The van der Waals surface area contributed by atoms with Crippen molar-refractivity contribution < 1.29 is 8.42 Å². The normalized spacial score (nSPS) is 11.6. The van der Waals surface area contributed by atoms with Gasteiger partial charge in [-0.2, -0.15) is 0 Å². The second-order valence-electron chi connectivity index (χ2n) is 4.08. The molecule has 0 bridgehead atoms. The molecular formula is C11H16ClN3O2S2. The zero-order valence-electron chi connectivity index (χ0n) is 10.7. The zero-order valence-corrected chi connectivity index (χ0v) is 13.1. The van der Waals surface area contributed by atoms with Gasteiger partial charge in [0.2, 0.25) is 10.0 Å². The highest BCUT2D eigenvalue weighted by Gasteiger charge is 2.13. The summed E-state index contributed by atoms with van der Waals surface area (Å²) in [5.74, 6) is -0.0245. The van der Waals surface area contributed by atoms with Crippen molar-refractivity contribution in [3.8, 4) is 0 Å². The van der Waals surface area contributed by atoms with Crippen LogP contribution in [0.2, 0.25) is 5.02 Å². The molecule has 0 fully saturated rings. The predicted molar refractivity (Wildman–Crippen MR) is 83.3 cm³/mol. The Kier molecular flexibility index (Phi) is 5.54. The minimum absolute atomic E-state index is 0.0245. The molecule has 1 rings (SSSR count). The second kappa shape index (κ2) is 6.51. The first-order chi connectivity index (χ1) is 8.74. The van der Waals surface area contributed by atoms with Crippen molar-refractivity contribution in [1.82, 2.24) is 4.31 Å². The van der Waals surface area contributed by atoms with Gasteiger partial charge in [-0.25, -0.2) is 12.7 Å². The third kappa shape index (κ3) is 4.61. The van der Waals surface area contributed by atoms with E-state index in [9.17, 15) is 8.42 Å². The van der Waals surface area contributed by atoms with Gasteiger partial charge < -0.3 is 11.1 Å². The lowest BCUT2D eigenvalue weighted by Gasteiger charge is -2.14. The standard InChI is InChI=1S/C11H16ClN3O2S2/c1-15(2)19(16,17)6-5-14-10-7-8(12)3-4-9(10)11(13)18/h3-4,7,14H,5-6H2,1-2H3,(H2,13,18). The summed E-state index contributed by atoms with van der Waals surface area (Å²) < 4.78 is 24.4. The number of halogens is 1. The molecule has 0 saturated carbocycles. The monoisotopic (exact) mass is 321 g/mol. The largest absolute Gasteiger partial charge is 0.389 e. The fraction of sp³-hybridized carbons (Fsp3) is 0.364. The number of anilines is 1. The Morgan fingerprint density at radius 3 is 2.63 bits per heavy atom. The molecule has 3 N–H and O–H groups in total. The van der Waals surface area contributed by atoms with Crippen molar-refractivity contribution in [3.05, 3.63) is 28.8 Å². The number of hydrogen-bond acceptors (Lipinski definition) is 4. The Morgan fingerprint density at radius 1 is 1.47 bits per heavy atom. The molecule has 0 radical (unpaired) electrons. The van der Waals surface area contributed by atoms with E-state index >= 15 is 0 Å². The quantitative estimate of drug-likeness (QED) is 0.772. The zero-order chi connectivity index (χ0) is 14.6. The van der Waals surface area contributed by atoms with E-state index in [-0.39, 0.29) is 17.3 Å². The first-order valence-electron chi connectivity index (χ1n) is 5.47. The van der Waals surface area contributed by atoms with Crippen LogP contribution in [0.25, 0.3) is 0 Å². The van der Waals surface area contributed by atoms with Gasteiger partial charge in [-0.1, -0.05) is 23.8 Å². The lowest BCUT2D eigenvalue weighted by molar-refractivity contribution is 0.521. The lowest BCUT2D eigenvalue weighted by Crippen LogP contribution is -2.28. The van der Waals surface area contributed by atoms with E-state index in [1.807, 2.05) is 0 Å². The highest BCUT2D eigenvalue weighted by atomic mass is 35.5. The molecule has 0 aliphatic heterocycles.